The van der Waals surface area contributed by atoms with Gasteiger partial charge in [0, 0.05) is 13.1 Å². The number of piperidine rings is 1. The highest BCUT2D eigenvalue weighted by Gasteiger charge is 2.30. The topological polar surface area (TPSA) is 87.4 Å². The molecule has 27 heavy (non-hydrogen) atoms. The average Bonchev–Trinajstić information content (AvgIpc) is 2.68. The molecule has 1 N–H and O–H groups in total. The Morgan fingerprint density at radius 1 is 1.26 bits per heavy atom. The SMILES string of the molecule is CC(Nc1ncnc(N(C)C2CCN(C)CC2)c1[N+](=O)[O-])c1ccccc1. The quantitative estimate of drug-likeness (QED) is 0.617. The van der Waals surface area contributed by atoms with Gasteiger partial charge in [0.1, 0.15) is 6.33 Å². The second-order valence-corrected chi connectivity index (χ2v) is 7.07. The first kappa shape index (κ1) is 19.0. The van der Waals surface area contributed by atoms with E-state index in [4.69, 9.17) is 0 Å². The lowest BCUT2D eigenvalue weighted by Crippen LogP contribution is -2.42. The number of benzene rings is 1. The molecular weight excluding hydrogens is 344 g/mol. The Labute approximate surface area is 159 Å². The van der Waals surface area contributed by atoms with E-state index in [1.54, 1.807) is 0 Å². The summed E-state index contributed by atoms with van der Waals surface area (Å²) in [5.41, 5.74) is 0.970. The van der Waals surface area contributed by atoms with Crippen LogP contribution in [0, 0.1) is 10.1 Å². The Morgan fingerprint density at radius 3 is 2.56 bits per heavy atom. The van der Waals surface area contributed by atoms with Crippen molar-refractivity contribution < 1.29 is 4.92 Å². The van der Waals surface area contributed by atoms with Crippen molar-refractivity contribution in [3.63, 3.8) is 0 Å². The van der Waals surface area contributed by atoms with Crippen LogP contribution in [0.15, 0.2) is 36.7 Å². The molecule has 0 saturated carbocycles. The average molecular weight is 370 g/mol. The van der Waals surface area contributed by atoms with Crippen molar-refractivity contribution in [2.45, 2.75) is 31.8 Å². The maximum Gasteiger partial charge on any atom is 0.353 e. The summed E-state index contributed by atoms with van der Waals surface area (Å²) in [6.45, 7) is 3.91. The number of rotatable bonds is 6. The largest absolute Gasteiger partial charge is 0.358 e. The van der Waals surface area contributed by atoms with Crippen molar-refractivity contribution in [2.24, 2.45) is 0 Å². The van der Waals surface area contributed by atoms with Crippen molar-refractivity contribution in [1.82, 2.24) is 14.9 Å². The first-order chi connectivity index (χ1) is 13.0. The second kappa shape index (κ2) is 8.30. The summed E-state index contributed by atoms with van der Waals surface area (Å²) in [5, 5.41) is 15.0. The van der Waals surface area contributed by atoms with Crippen molar-refractivity contribution in [3.05, 3.63) is 52.3 Å². The van der Waals surface area contributed by atoms with Crippen LogP contribution in [0.1, 0.15) is 31.4 Å². The summed E-state index contributed by atoms with van der Waals surface area (Å²) >= 11 is 0. The fraction of sp³-hybridized carbons (Fsp3) is 0.474. The standard InChI is InChI=1S/C19H26N6O2/c1-14(15-7-5-4-6-8-15)22-18-17(25(26)27)19(21-13-20-18)24(3)16-9-11-23(2)12-10-16/h4-8,13-14,16H,9-12H2,1-3H3,(H,20,21,22). The zero-order valence-electron chi connectivity index (χ0n) is 16.0. The lowest BCUT2D eigenvalue weighted by molar-refractivity contribution is -0.383. The third kappa shape index (κ3) is 4.33. The van der Waals surface area contributed by atoms with E-state index in [2.05, 4.69) is 27.2 Å². The maximum atomic E-state index is 11.9. The van der Waals surface area contributed by atoms with E-state index in [1.807, 2.05) is 49.2 Å². The second-order valence-electron chi connectivity index (χ2n) is 7.07. The van der Waals surface area contributed by atoms with Crippen molar-refractivity contribution in [1.29, 1.82) is 0 Å². The number of likely N-dealkylation sites (tertiary alicyclic amines) is 1. The van der Waals surface area contributed by atoms with Gasteiger partial charge in [0.05, 0.1) is 11.0 Å². The number of aromatic nitrogens is 2. The highest BCUT2D eigenvalue weighted by Crippen LogP contribution is 2.35. The molecule has 1 aliphatic heterocycles. The number of hydrogen-bond acceptors (Lipinski definition) is 7. The van der Waals surface area contributed by atoms with Gasteiger partial charge >= 0.3 is 5.69 Å². The van der Waals surface area contributed by atoms with Crippen molar-refractivity contribution >= 4 is 17.3 Å². The van der Waals surface area contributed by atoms with Crippen molar-refractivity contribution in [2.75, 3.05) is 37.4 Å². The van der Waals surface area contributed by atoms with Gasteiger partial charge in [-0.1, -0.05) is 30.3 Å². The summed E-state index contributed by atoms with van der Waals surface area (Å²) in [5.74, 6) is 0.619. The van der Waals surface area contributed by atoms with Gasteiger partial charge in [-0.2, -0.15) is 0 Å². The summed E-state index contributed by atoms with van der Waals surface area (Å²) in [4.78, 5) is 24.1. The maximum absolute atomic E-state index is 11.9. The summed E-state index contributed by atoms with van der Waals surface area (Å²) in [6, 6.07) is 9.92. The molecule has 2 heterocycles. The number of nitrogens with zero attached hydrogens (tertiary/aromatic N) is 5. The lowest BCUT2D eigenvalue weighted by atomic mass is 10.0. The first-order valence-electron chi connectivity index (χ1n) is 9.19. The number of nitro groups is 1. The molecule has 8 nitrogen and oxygen atoms in total. The van der Waals surface area contributed by atoms with E-state index < -0.39 is 0 Å². The molecule has 0 aliphatic carbocycles. The van der Waals surface area contributed by atoms with Crippen LogP contribution >= 0.6 is 0 Å². The van der Waals surface area contributed by atoms with Gasteiger partial charge in [-0.15, -0.1) is 0 Å². The van der Waals surface area contributed by atoms with E-state index in [-0.39, 0.29) is 28.5 Å². The van der Waals surface area contributed by atoms with E-state index in [0.717, 1.165) is 31.5 Å². The van der Waals surface area contributed by atoms with Crippen LogP contribution in [0.25, 0.3) is 0 Å². The highest BCUT2D eigenvalue weighted by molar-refractivity contribution is 5.70. The summed E-state index contributed by atoms with van der Waals surface area (Å²) in [6.07, 6.45) is 3.31. The van der Waals surface area contributed by atoms with E-state index in [9.17, 15) is 10.1 Å². The fourth-order valence-corrected chi connectivity index (χ4v) is 3.49. The highest BCUT2D eigenvalue weighted by atomic mass is 16.6. The fourth-order valence-electron chi connectivity index (χ4n) is 3.49. The van der Waals surface area contributed by atoms with E-state index in [1.165, 1.54) is 6.33 Å². The van der Waals surface area contributed by atoms with Gasteiger partial charge < -0.3 is 15.1 Å². The molecule has 0 amide bonds. The van der Waals surface area contributed by atoms with Crippen molar-refractivity contribution in [3.8, 4) is 0 Å². The minimum Gasteiger partial charge on any atom is -0.358 e. The van der Waals surface area contributed by atoms with Crippen LogP contribution < -0.4 is 10.2 Å². The Balaban J connectivity index is 1.87. The van der Waals surface area contributed by atoms with Crippen LogP contribution in [0.5, 0.6) is 0 Å². The summed E-state index contributed by atoms with van der Waals surface area (Å²) < 4.78 is 0. The molecule has 144 valence electrons. The van der Waals surface area contributed by atoms with Gasteiger partial charge in [0.15, 0.2) is 0 Å². The van der Waals surface area contributed by atoms with Gasteiger partial charge in [0.2, 0.25) is 11.6 Å². The Bertz CT molecular complexity index is 777. The molecule has 1 aliphatic rings. The van der Waals surface area contributed by atoms with Crippen LogP contribution in [0.3, 0.4) is 0 Å². The molecule has 0 bridgehead atoms. The Kier molecular flexibility index (Phi) is 5.85. The van der Waals surface area contributed by atoms with Gasteiger partial charge in [-0.25, -0.2) is 9.97 Å². The van der Waals surface area contributed by atoms with E-state index >= 15 is 0 Å². The molecule has 0 spiro atoms. The number of anilines is 2. The van der Waals surface area contributed by atoms with Crippen LogP contribution in [-0.2, 0) is 0 Å². The predicted molar refractivity (Wildman–Crippen MR) is 106 cm³/mol. The molecule has 2 aromatic rings. The number of hydrogen-bond donors (Lipinski definition) is 1. The Hall–Kier alpha value is -2.74. The molecule has 1 fully saturated rings. The lowest BCUT2D eigenvalue weighted by Gasteiger charge is -2.35. The van der Waals surface area contributed by atoms with Gasteiger partial charge in [-0.05, 0) is 45.5 Å². The number of nitrogens with one attached hydrogen (secondary N) is 1. The Morgan fingerprint density at radius 2 is 1.93 bits per heavy atom. The molecular formula is C19H26N6O2. The molecule has 0 radical (unpaired) electrons. The molecule has 1 atom stereocenters. The normalized spacial score (nSPS) is 16.7. The van der Waals surface area contributed by atoms with E-state index in [0.29, 0.717) is 5.82 Å². The third-order valence-corrected chi connectivity index (χ3v) is 5.21. The molecule has 3 rings (SSSR count). The molecule has 1 saturated heterocycles. The zero-order valence-corrected chi connectivity index (χ0v) is 16.0. The van der Waals surface area contributed by atoms with Crippen LogP contribution in [0.2, 0.25) is 0 Å². The minimum atomic E-state index is -0.388. The molecule has 1 aromatic carbocycles. The van der Waals surface area contributed by atoms with Gasteiger partial charge in [0.25, 0.3) is 0 Å². The molecule has 1 aromatic heterocycles. The van der Waals surface area contributed by atoms with Crippen LogP contribution in [-0.4, -0.2) is 53.0 Å². The van der Waals surface area contributed by atoms with Gasteiger partial charge in [-0.3, -0.25) is 10.1 Å². The van der Waals surface area contributed by atoms with Crippen LogP contribution in [0.4, 0.5) is 17.3 Å². The molecule has 1 unspecified atom stereocenters. The minimum absolute atomic E-state index is 0.0679. The summed E-state index contributed by atoms with van der Waals surface area (Å²) in [7, 11) is 3.98. The molecule has 8 heteroatoms. The zero-order chi connectivity index (χ0) is 19.4. The third-order valence-electron chi connectivity index (χ3n) is 5.21. The predicted octanol–water partition coefficient (Wildman–Crippen LogP) is 3.09. The smallest absolute Gasteiger partial charge is 0.353 e. The monoisotopic (exact) mass is 370 g/mol. The first-order valence-corrected chi connectivity index (χ1v) is 9.19.